The van der Waals surface area contributed by atoms with Crippen molar-refractivity contribution in [2.75, 3.05) is 26.7 Å². The molecule has 1 saturated heterocycles. The van der Waals surface area contributed by atoms with Crippen LogP contribution in [0.5, 0.6) is 0 Å². The predicted octanol–water partition coefficient (Wildman–Crippen LogP) is 2.48. The van der Waals surface area contributed by atoms with Gasteiger partial charge in [-0.3, -0.25) is 4.99 Å². The third kappa shape index (κ3) is 5.46. The van der Waals surface area contributed by atoms with E-state index in [0.29, 0.717) is 12.6 Å². The van der Waals surface area contributed by atoms with Crippen molar-refractivity contribution in [2.24, 2.45) is 4.99 Å². The lowest BCUT2D eigenvalue weighted by Gasteiger charge is -2.40. The van der Waals surface area contributed by atoms with Gasteiger partial charge in [-0.1, -0.05) is 19.3 Å². The lowest BCUT2D eigenvalue weighted by atomic mass is 9.80. The lowest BCUT2D eigenvalue weighted by molar-refractivity contribution is -0.0279. The molecule has 0 radical (unpaired) electrons. The number of nitrogens with one attached hydrogen (secondary N) is 2. The SMILES string of the molecule is CN=C(NCC1(O)CCC1)NC1CCN(C2CCCCC2)CC1.I. The summed E-state index contributed by atoms with van der Waals surface area (Å²) < 4.78 is 0. The third-order valence-electron chi connectivity index (χ3n) is 6.05. The molecular weight excluding hydrogens is 415 g/mol. The van der Waals surface area contributed by atoms with E-state index >= 15 is 0 Å². The fourth-order valence-corrected chi connectivity index (χ4v) is 4.25. The van der Waals surface area contributed by atoms with Crippen LogP contribution in [0.4, 0.5) is 0 Å². The van der Waals surface area contributed by atoms with Gasteiger partial charge in [0.25, 0.3) is 0 Å². The van der Waals surface area contributed by atoms with E-state index in [1.165, 1.54) is 58.0 Å². The van der Waals surface area contributed by atoms with E-state index < -0.39 is 5.60 Å². The molecular formula is C18H35IN4O. The maximum absolute atomic E-state index is 10.2. The average Bonchev–Trinajstić information content (AvgIpc) is 2.58. The van der Waals surface area contributed by atoms with Crippen LogP contribution in [0.15, 0.2) is 4.99 Å². The minimum atomic E-state index is -0.498. The molecule has 2 saturated carbocycles. The molecule has 3 fully saturated rings. The highest BCUT2D eigenvalue weighted by atomic mass is 127. The number of halogens is 1. The highest BCUT2D eigenvalue weighted by molar-refractivity contribution is 14.0. The topological polar surface area (TPSA) is 59.9 Å². The van der Waals surface area contributed by atoms with Crippen LogP contribution in [0.25, 0.3) is 0 Å². The molecule has 0 aromatic carbocycles. The second-order valence-electron chi connectivity index (χ2n) is 7.75. The van der Waals surface area contributed by atoms with Crippen molar-refractivity contribution >= 4 is 29.9 Å². The molecule has 3 rings (SSSR count). The van der Waals surface area contributed by atoms with Crippen molar-refractivity contribution in [3.8, 4) is 0 Å². The maximum atomic E-state index is 10.2. The smallest absolute Gasteiger partial charge is 0.191 e. The maximum Gasteiger partial charge on any atom is 0.191 e. The van der Waals surface area contributed by atoms with Crippen molar-refractivity contribution in [2.45, 2.75) is 81.9 Å². The fourth-order valence-electron chi connectivity index (χ4n) is 4.25. The highest BCUT2D eigenvalue weighted by Crippen LogP contribution is 2.30. The molecule has 24 heavy (non-hydrogen) atoms. The summed E-state index contributed by atoms with van der Waals surface area (Å²) >= 11 is 0. The number of guanidine groups is 1. The summed E-state index contributed by atoms with van der Waals surface area (Å²) in [6, 6.07) is 1.35. The Morgan fingerprint density at radius 1 is 1.08 bits per heavy atom. The van der Waals surface area contributed by atoms with E-state index in [4.69, 9.17) is 0 Å². The molecule has 1 aliphatic heterocycles. The van der Waals surface area contributed by atoms with Crippen molar-refractivity contribution < 1.29 is 5.11 Å². The summed E-state index contributed by atoms with van der Waals surface area (Å²) in [5.74, 6) is 0.849. The van der Waals surface area contributed by atoms with Crippen LogP contribution in [-0.2, 0) is 0 Å². The largest absolute Gasteiger partial charge is 0.388 e. The number of hydrogen-bond acceptors (Lipinski definition) is 3. The number of aliphatic hydroxyl groups is 1. The average molecular weight is 450 g/mol. The zero-order valence-electron chi connectivity index (χ0n) is 15.1. The molecule has 0 unspecified atom stereocenters. The van der Waals surface area contributed by atoms with Gasteiger partial charge in [0.05, 0.1) is 5.60 Å². The minimum Gasteiger partial charge on any atom is -0.388 e. The predicted molar refractivity (Wildman–Crippen MR) is 110 cm³/mol. The van der Waals surface area contributed by atoms with Crippen LogP contribution < -0.4 is 10.6 Å². The summed E-state index contributed by atoms with van der Waals surface area (Å²) in [6.45, 7) is 3.04. The van der Waals surface area contributed by atoms with E-state index in [2.05, 4.69) is 20.5 Å². The Balaban J connectivity index is 0.00000208. The molecule has 0 atom stereocenters. The standard InChI is InChI=1S/C18H34N4O.HI/c1-19-17(20-14-18(23)10-5-11-18)21-15-8-12-22(13-9-15)16-6-3-2-4-7-16;/h15-16,23H,2-14H2,1H3,(H2,19,20,21);1H. The molecule has 140 valence electrons. The van der Waals surface area contributed by atoms with Gasteiger partial charge in [-0.05, 0) is 44.9 Å². The van der Waals surface area contributed by atoms with E-state index in [-0.39, 0.29) is 24.0 Å². The van der Waals surface area contributed by atoms with Gasteiger partial charge in [-0.25, -0.2) is 0 Å². The number of nitrogens with zero attached hydrogens (tertiary/aromatic N) is 2. The van der Waals surface area contributed by atoms with Gasteiger partial charge in [-0.2, -0.15) is 0 Å². The Kier molecular flexibility index (Phi) is 8.07. The first-order valence-corrected chi connectivity index (χ1v) is 9.62. The number of likely N-dealkylation sites (tertiary alicyclic amines) is 1. The van der Waals surface area contributed by atoms with Gasteiger partial charge in [-0.15, -0.1) is 24.0 Å². The monoisotopic (exact) mass is 450 g/mol. The summed E-state index contributed by atoms with van der Waals surface area (Å²) in [7, 11) is 1.82. The van der Waals surface area contributed by atoms with Gasteiger partial charge < -0.3 is 20.6 Å². The minimum absolute atomic E-state index is 0. The first kappa shape index (κ1) is 20.2. The van der Waals surface area contributed by atoms with Crippen LogP contribution in [0, 0.1) is 0 Å². The zero-order chi connectivity index (χ0) is 16.1. The Labute approximate surface area is 164 Å². The van der Waals surface area contributed by atoms with Gasteiger partial charge >= 0.3 is 0 Å². The molecule has 5 nitrogen and oxygen atoms in total. The molecule has 0 amide bonds. The third-order valence-corrected chi connectivity index (χ3v) is 6.05. The molecule has 2 aliphatic carbocycles. The number of hydrogen-bond donors (Lipinski definition) is 3. The summed E-state index contributed by atoms with van der Waals surface area (Å²) in [4.78, 5) is 7.04. The molecule has 0 aromatic rings. The van der Waals surface area contributed by atoms with Gasteiger partial charge in [0.15, 0.2) is 5.96 Å². The van der Waals surface area contributed by atoms with E-state index in [9.17, 15) is 5.11 Å². The van der Waals surface area contributed by atoms with E-state index in [1.54, 1.807) is 0 Å². The molecule has 0 spiro atoms. The Hall–Kier alpha value is -0.0800. The highest BCUT2D eigenvalue weighted by Gasteiger charge is 2.34. The normalized spacial score (nSPS) is 26.3. The number of rotatable bonds is 4. The van der Waals surface area contributed by atoms with Gasteiger partial charge in [0.2, 0.25) is 0 Å². The van der Waals surface area contributed by atoms with Crippen LogP contribution in [0.1, 0.15) is 64.2 Å². The molecule has 0 aromatic heterocycles. The lowest BCUT2D eigenvalue weighted by Crippen LogP contribution is -2.54. The van der Waals surface area contributed by atoms with E-state index in [0.717, 1.165) is 31.3 Å². The molecule has 3 N–H and O–H groups in total. The molecule has 0 bridgehead atoms. The summed E-state index contributed by atoms with van der Waals surface area (Å²) in [6.07, 6.45) is 12.4. The van der Waals surface area contributed by atoms with Crippen LogP contribution >= 0.6 is 24.0 Å². The van der Waals surface area contributed by atoms with Crippen molar-refractivity contribution in [1.82, 2.24) is 15.5 Å². The Morgan fingerprint density at radius 3 is 2.29 bits per heavy atom. The summed E-state index contributed by atoms with van der Waals surface area (Å²) in [5, 5.41) is 17.0. The Morgan fingerprint density at radius 2 is 1.75 bits per heavy atom. The number of piperidine rings is 1. The van der Waals surface area contributed by atoms with Crippen molar-refractivity contribution in [3.05, 3.63) is 0 Å². The quantitative estimate of drug-likeness (QED) is 0.350. The first-order valence-electron chi connectivity index (χ1n) is 9.62. The summed E-state index contributed by atoms with van der Waals surface area (Å²) in [5.41, 5.74) is -0.498. The fraction of sp³-hybridized carbons (Fsp3) is 0.944. The first-order chi connectivity index (χ1) is 11.2. The number of aliphatic imine (C=N–C) groups is 1. The zero-order valence-corrected chi connectivity index (χ0v) is 17.4. The second kappa shape index (κ2) is 9.57. The van der Waals surface area contributed by atoms with Crippen molar-refractivity contribution in [3.63, 3.8) is 0 Å². The molecule has 1 heterocycles. The van der Waals surface area contributed by atoms with Crippen LogP contribution in [0.2, 0.25) is 0 Å². The van der Waals surface area contributed by atoms with Gasteiger partial charge in [0, 0.05) is 38.8 Å². The van der Waals surface area contributed by atoms with E-state index in [1.807, 2.05) is 7.05 Å². The van der Waals surface area contributed by atoms with Gasteiger partial charge in [0.1, 0.15) is 0 Å². The second-order valence-corrected chi connectivity index (χ2v) is 7.75. The Bertz CT molecular complexity index is 400. The van der Waals surface area contributed by atoms with Crippen molar-refractivity contribution in [1.29, 1.82) is 0 Å². The molecule has 6 heteroatoms. The van der Waals surface area contributed by atoms with Crippen LogP contribution in [0.3, 0.4) is 0 Å². The molecule has 3 aliphatic rings. The van der Waals surface area contributed by atoms with Crippen LogP contribution in [-0.4, -0.2) is 60.3 Å².